The largest absolute Gasteiger partial charge is 0.478 e. The van der Waals surface area contributed by atoms with Gasteiger partial charge < -0.3 is 10.0 Å². The van der Waals surface area contributed by atoms with Crippen molar-refractivity contribution in [2.75, 3.05) is 11.4 Å². The van der Waals surface area contributed by atoms with Gasteiger partial charge in [0.2, 0.25) is 0 Å². The smallest absolute Gasteiger partial charge is 0.336 e. The molecule has 0 amide bonds. The molecule has 1 fully saturated rings. The molecule has 1 aliphatic heterocycles. The van der Waals surface area contributed by atoms with Crippen molar-refractivity contribution >= 4 is 22.6 Å². The van der Waals surface area contributed by atoms with Gasteiger partial charge in [-0.25, -0.2) is 13.6 Å². The lowest BCUT2D eigenvalue weighted by atomic mass is 9.98. The molecule has 116 valence electrons. The maximum absolute atomic E-state index is 13.5. The Balaban J connectivity index is 2.02. The fraction of sp³-hybridized carbons (Fsp3) is 0.375. The molecule has 2 aromatic rings. The second kappa shape index (κ2) is 5.19. The van der Waals surface area contributed by atoms with Crippen LogP contribution < -0.4 is 4.90 Å². The van der Waals surface area contributed by atoms with Crippen LogP contribution in [0.1, 0.15) is 30.1 Å². The number of carboxylic acids is 1. The molecule has 1 aliphatic rings. The van der Waals surface area contributed by atoms with Crippen LogP contribution >= 0.6 is 0 Å². The number of anilines is 1. The molecule has 0 aliphatic carbocycles. The van der Waals surface area contributed by atoms with Crippen LogP contribution in [0.15, 0.2) is 30.5 Å². The molecule has 3 rings (SSSR count). The first kappa shape index (κ1) is 14.7. The molecule has 22 heavy (non-hydrogen) atoms. The van der Waals surface area contributed by atoms with E-state index in [0.717, 1.165) is 5.69 Å². The lowest BCUT2D eigenvalue weighted by Gasteiger charge is -2.39. The van der Waals surface area contributed by atoms with Gasteiger partial charge in [0.05, 0.1) is 11.1 Å². The number of rotatable bonds is 2. The summed E-state index contributed by atoms with van der Waals surface area (Å²) in [6, 6.07) is 6.41. The summed E-state index contributed by atoms with van der Waals surface area (Å²) < 4.78 is 26.9. The van der Waals surface area contributed by atoms with Crippen LogP contribution in [0.4, 0.5) is 14.5 Å². The molecule has 1 N–H and O–H groups in total. The highest BCUT2D eigenvalue weighted by Gasteiger charge is 2.38. The number of benzene rings is 1. The summed E-state index contributed by atoms with van der Waals surface area (Å²) in [5.41, 5.74) is 1.51. The van der Waals surface area contributed by atoms with Crippen molar-refractivity contribution in [2.45, 2.75) is 31.7 Å². The van der Waals surface area contributed by atoms with Gasteiger partial charge in [0.1, 0.15) is 0 Å². The number of aromatic nitrogens is 1. The molecule has 0 bridgehead atoms. The first-order valence-electron chi connectivity index (χ1n) is 7.14. The minimum atomic E-state index is -2.62. The minimum Gasteiger partial charge on any atom is -0.478 e. The van der Waals surface area contributed by atoms with E-state index in [1.807, 2.05) is 4.90 Å². The van der Waals surface area contributed by atoms with E-state index in [0.29, 0.717) is 10.9 Å². The van der Waals surface area contributed by atoms with Gasteiger partial charge in [-0.3, -0.25) is 4.98 Å². The zero-order chi connectivity index (χ0) is 15.9. The minimum absolute atomic E-state index is 0.168. The number of carbonyl (C=O) groups is 1. The highest BCUT2D eigenvalue weighted by atomic mass is 19.3. The van der Waals surface area contributed by atoms with Crippen molar-refractivity contribution in [3.8, 4) is 0 Å². The zero-order valence-electron chi connectivity index (χ0n) is 12.1. The van der Waals surface area contributed by atoms with Gasteiger partial charge in [-0.15, -0.1) is 0 Å². The highest BCUT2D eigenvalue weighted by molar-refractivity contribution is 6.03. The summed E-state index contributed by atoms with van der Waals surface area (Å²) in [6.45, 7) is 2.01. The number of alkyl halides is 2. The molecule has 1 saturated heterocycles. The van der Waals surface area contributed by atoms with Crippen LogP contribution in [0.5, 0.6) is 0 Å². The third-order valence-corrected chi connectivity index (χ3v) is 4.13. The molecule has 6 heteroatoms. The number of fused-ring (bicyclic) bond motifs is 1. The van der Waals surface area contributed by atoms with Crippen LogP contribution in [-0.4, -0.2) is 34.6 Å². The van der Waals surface area contributed by atoms with E-state index in [9.17, 15) is 18.7 Å². The molecule has 1 atom stereocenters. The predicted molar refractivity (Wildman–Crippen MR) is 79.7 cm³/mol. The van der Waals surface area contributed by atoms with Gasteiger partial charge in [0, 0.05) is 42.7 Å². The molecular formula is C16H16F2N2O2. The zero-order valence-corrected chi connectivity index (χ0v) is 12.1. The normalized spacial score (nSPS) is 21.0. The molecule has 1 aromatic carbocycles. The van der Waals surface area contributed by atoms with Crippen LogP contribution in [-0.2, 0) is 0 Å². The third-order valence-electron chi connectivity index (χ3n) is 4.13. The van der Waals surface area contributed by atoms with Crippen molar-refractivity contribution in [2.24, 2.45) is 0 Å². The Labute approximate surface area is 126 Å². The van der Waals surface area contributed by atoms with Gasteiger partial charge in [0.25, 0.3) is 5.92 Å². The average Bonchev–Trinajstić information content (AvgIpc) is 2.45. The van der Waals surface area contributed by atoms with Crippen molar-refractivity contribution in [3.63, 3.8) is 0 Å². The molecular weight excluding hydrogens is 290 g/mol. The van der Waals surface area contributed by atoms with Crippen molar-refractivity contribution in [1.29, 1.82) is 0 Å². The van der Waals surface area contributed by atoms with Crippen LogP contribution in [0.3, 0.4) is 0 Å². The number of hydrogen-bond acceptors (Lipinski definition) is 3. The van der Waals surface area contributed by atoms with Crippen LogP contribution in [0.25, 0.3) is 10.9 Å². The molecule has 0 radical (unpaired) electrons. The summed E-state index contributed by atoms with van der Waals surface area (Å²) in [4.78, 5) is 17.4. The van der Waals surface area contributed by atoms with Crippen LogP contribution in [0, 0.1) is 0 Å². The molecule has 1 unspecified atom stereocenters. The van der Waals surface area contributed by atoms with Crippen LogP contribution in [0.2, 0.25) is 0 Å². The van der Waals surface area contributed by atoms with E-state index in [4.69, 9.17) is 0 Å². The number of carboxylic acid groups (broad SMARTS) is 1. The van der Waals surface area contributed by atoms with Gasteiger partial charge >= 0.3 is 5.97 Å². The van der Waals surface area contributed by atoms with Crippen molar-refractivity contribution < 1.29 is 18.7 Å². The summed E-state index contributed by atoms with van der Waals surface area (Å²) in [5.74, 6) is -3.65. The Kier molecular flexibility index (Phi) is 3.47. The topological polar surface area (TPSA) is 53.4 Å². The van der Waals surface area contributed by atoms with E-state index < -0.39 is 11.9 Å². The lowest BCUT2D eigenvalue weighted by Crippen LogP contribution is -2.45. The quantitative estimate of drug-likeness (QED) is 0.922. The number of aromatic carboxylic acids is 1. The fourth-order valence-corrected chi connectivity index (χ4v) is 3.03. The Morgan fingerprint density at radius 1 is 1.41 bits per heavy atom. The molecule has 0 spiro atoms. The monoisotopic (exact) mass is 306 g/mol. The number of piperidine rings is 1. The van der Waals surface area contributed by atoms with Crippen molar-refractivity contribution in [1.82, 2.24) is 4.98 Å². The molecule has 4 nitrogen and oxygen atoms in total. The first-order chi connectivity index (χ1) is 10.4. The standard InChI is InChI=1S/C16H16F2N2O2/c1-10-9-16(17,18)5-7-20(10)11-2-3-14-13(8-11)12(15(21)22)4-6-19-14/h2-4,6,8,10H,5,7,9H2,1H3,(H,21,22). The highest BCUT2D eigenvalue weighted by Crippen LogP contribution is 2.35. The number of nitrogens with zero attached hydrogens (tertiary/aromatic N) is 2. The lowest BCUT2D eigenvalue weighted by molar-refractivity contribution is -0.0318. The van der Waals surface area contributed by atoms with E-state index in [1.54, 1.807) is 25.1 Å². The Bertz CT molecular complexity index is 733. The Hall–Kier alpha value is -2.24. The molecule has 1 aromatic heterocycles. The van der Waals surface area contributed by atoms with Gasteiger partial charge in [0.15, 0.2) is 0 Å². The second-order valence-corrected chi connectivity index (χ2v) is 5.72. The third kappa shape index (κ3) is 2.61. The Morgan fingerprint density at radius 2 is 2.18 bits per heavy atom. The van der Waals surface area contributed by atoms with Gasteiger partial charge in [-0.2, -0.15) is 0 Å². The average molecular weight is 306 g/mol. The second-order valence-electron chi connectivity index (χ2n) is 5.72. The summed E-state index contributed by atoms with van der Waals surface area (Å²) >= 11 is 0. The van der Waals surface area contributed by atoms with E-state index >= 15 is 0 Å². The van der Waals surface area contributed by atoms with E-state index in [-0.39, 0.29) is 31.0 Å². The summed E-state index contributed by atoms with van der Waals surface area (Å²) in [6.07, 6.45) is 1.08. The summed E-state index contributed by atoms with van der Waals surface area (Å²) in [5, 5.41) is 9.79. The number of halogens is 2. The summed E-state index contributed by atoms with van der Waals surface area (Å²) in [7, 11) is 0. The van der Waals surface area contributed by atoms with E-state index in [1.165, 1.54) is 12.3 Å². The number of pyridine rings is 1. The van der Waals surface area contributed by atoms with E-state index in [2.05, 4.69) is 4.98 Å². The SMILES string of the molecule is CC1CC(F)(F)CCN1c1ccc2nccc(C(=O)O)c2c1. The van der Waals surface area contributed by atoms with Gasteiger partial charge in [-0.1, -0.05) is 0 Å². The molecule has 2 heterocycles. The van der Waals surface area contributed by atoms with Gasteiger partial charge in [-0.05, 0) is 31.2 Å². The maximum atomic E-state index is 13.5. The fourth-order valence-electron chi connectivity index (χ4n) is 3.03. The van der Waals surface area contributed by atoms with Crippen molar-refractivity contribution in [3.05, 3.63) is 36.0 Å². The number of hydrogen-bond donors (Lipinski definition) is 1. The Morgan fingerprint density at radius 3 is 2.86 bits per heavy atom. The first-order valence-corrected chi connectivity index (χ1v) is 7.14. The maximum Gasteiger partial charge on any atom is 0.336 e. The molecule has 0 saturated carbocycles. The predicted octanol–water partition coefficient (Wildman–Crippen LogP) is 3.56.